The molecular formula is C36H72O2. The Bertz CT molecular complexity index is 464. The van der Waals surface area contributed by atoms with Gasteiger partial charge in [-0.2, -0.15) is 0 Å². The Labute approximate surface area is 240 Å². The van der Waals surface area contributed by atoms with Crippen LogP contribution in [-0.4, -0.2) is 17.0 Å². The molecule has 0 amide bonds. The Morgan fingerprint density at radius 2 is 0.658 bits per heavy atom. The highest BCUT2D eigenvalue weighted by molar-refractivity contribution is 4.92. The van der Waals surface area contributed by atoms with E-state index in [1.807, 2.05) is 0 Å². The summed E-state index contributed by atoms with van der Waals surface area (Å²) >= 11 is 0. The second-order valence-electron chi connectivity index (χ2n) is 12.9. The van der Waals surface area contributed by atoms with Crippen LogP contribution in [0.1, 0.15) is 219 Å². The van der Waals surface area contributed by atoms with Gasteiger partial charge in [0.2, 0.25) is 0 Å². The highest BCUT2D eigenvalue weighted by Crippen LogP contribution is 2.41. The van der Waals surface area contributed by atoms with Crippen molar-refractivity contribution in [3.63, 3.8) is 0 Å². The summed E-state index contributed by atoms with van der Waals surface area (Å²) in [5.41, 5.74) is 0. The number of aliphatic hydroxyl groups is 1. The fourth-order valence-corrected chi connectivity index (χ4v) is 6.17. The summed E-state index contributed by atoms with van der Waals surface area (Å²) in [5.74, 6) is -0.757. The normalized spacial score (nSPS) is 18.9. The molecule has 1 saturated heterocycles. The van der Waals surface area contributed by atoms with Crippen molar-refractivity contribution >= 4 is 0 Å². The monoisotopic (exact) mass is 537 g/mol. The molecule has 1 aliphatic rings. The first-order chi connectivity index (χ1) is 18.7. The quantitative estimate of drug-likeness (QED) is 0.0684. The van der Waals surface area contributed by atoms with E-state index >= 15 is 0 Å². The minimum atomic E-state index is -0.757. The van der Waals surface area contributed by atoms with Crippen molar-refractivity contribution in [2.75, 3.05) is 0 Å². The van der Waals surface area contributed by atoms with E-state index in [0.29, 0.717) is 0 Å². The molecule has 0 radical (unpaired) electrons. The molecular weight excluding hydrogens is 464 g/mol. The van der Waals surface area contributed by atoms with Gasteiger partial charge in [0.15, 0.2) is 5.79 Å². The van der Waals surface area contributed by atoms with Gasteiger partial charge in [-0.15, -0.1) is 0 Å². The van der Waals surface area contributed by atoms with E-state index in [0.717, 1.165) is 19.3 Å². The lowest BCUT2D eigenvalue weighted by atomic mass is 10.0. The molecule has 2 heteroatoms. The minimum Gasteiger partial charge on any atom is -0.363 e. The highest BCUT2D eigenvalue weighted by Gasteiger charge is 2.53. The summed E-state index contributed by atoms with van der Waals surface area (Å²) in [5, 5.41) is 10.6. The van der Waals surface area contributed by atoms with Gasteiger partial charge in [-0.3, -0.25) is 0 Å². The molecule has 1 N–H and O–H groups in total. The second kappa shape index (κ2) is 27.1. The minimum absolute atomic E-state index is 0.135. The zero-order valence-corrected chi connectivity index (χ0v) is 26.6. The van der Waals surface area contributed by atoms with Crippen molar-refractivity contribution in [2.24, 2.45) is 0 Å². The smallest absolute Gasteiger partial charge is 0.192 e. The number of ether oxygens (including phenoxy) is 1. The lowest BCUT2D eigenvalue weighted by molar-refractivity contribution is 0.0263. The first kappa shape index (κ1) is 35.9. The molecule has 0 spiro atoms. The molecule has 1 rings (SSSR count). The summed E-state index contributed by atoms with van der Waals surface area (Å²) in [6.07, 6.45) is 44.0. The van der Waals surface area contributed by atoms with Crippen molar-refractivity contribution < 1.29 is 9.84 Å². The predicted octanol–water partition coefficient (Wildman–Crippen LogP) is 12.6. The molecule has 38 heavy (non-hydrogen) atoms. The molecule has 228 valence electrons. The van der Waals surface area contributed by atoms with E-state index in [4.69, 9.17) is 4.74 Å². The highest BCUT2D eigenvalue weighted by atomic mass is 16.7. The largest absolute Gasteiger partial charge is 0.363 e. The number of unbranched alkanes of at least 4 members (excludes halogenated alkanes) is 28. The SMILES string of the molecule is CCCCCCCCCCCCCCCCCCC1(O)OC1CCCCCCCCCCCCCCCC. The predicted molar refractivity (Wildman–Crippen MR) is 169 cm³/mol. The Morgan fingerprint density at radius 1 is 0.395 bits per heavy atom. The van der Waals surface area contributed by atoms with Crippen LogP contribution in [0.15, 0.2) is 0 Å². The first-order valence-corrected chi connectivity index (χ1v) is 18.1. The van der Waals surface area contributed by atoms with Crippen molar-refractivity contribution in [3.05, 3.63) is 0 Å². The Balaban J connectivity index is 1.74. The van der Waals surface area contributed by atoms with Gasteiger partial charge in [0.05, 0.1) is 0 Å². The zero-order valence-electron chi connectivity index (χ0n) is 26.6. The Hall–Kier alpha value is -0.0800. The summed E-state index contributed by atoms with van der Waals surface area (Å²) < 4.78 is 5.70. The maximum Gasteiger partial charge on any atom is 0.192 e. The molecule has 0 saturated carbocycles. The number of rotatable bonds is 32. The Morgan fingerprint density at radius 3 is 0.974 bits per heavy atom. The van der Waals surface area contributed by atoms with Gasteiger partial charge < -0.3 is 9.84 Å². The van der Waals surface area contributed by atoms with Crippen LogP contribution in [0.4, 0.5) is 0 Å². The van der Waals surface area contributed by atoms with Crippen LogP contribution in [0.2, 0.25) is 0 Å². The van der Waals surface area contributed by atoms with Gasteiger partial charge in [-0.25, -0.2) is 0 Å². The average Bonchev–Trinajstić information content (AvgIpc) is 3.57. The summed E-state index contributed by atoms with van der Waals surface area (Å²) in [4.78, 5) is 0. The van der Waals surface area contributed by atoms with Gasteiger partial charge in [0.1, 0.15) is 6.10 Å². The van der Waals surface area contributed by atoms with Gasteiger partial charge in [0, 0.05) is 6.42 Å². The standard InChI is InChI=1S/C36H72O2/c1-3-5-7-9-11-13-15-17-19-20-22-24-26-28-30-32-34-36(37)35(38-36)33-31-29-27-25-23-21-18-16-14-12-10-8-6-4-2/h35,37H,3-34H2,1-2H3. The first-order valence-electron chi connectivity index (χ1n) is 18.1. The fourth-order valence-electron chi connectivity index (χ4n) is 6.17. The molecule has 0 aromatic carbocycles. The summed E-state index contributed by atoms with van der Waals surface area (Å²) in [7, 11) is 0. The fraction of sp³-hybridized carbons (Fsp3) is 1.00. The molecule has 1 fully saturated rings. The molecule has 1 heterocycles. The average molecular weight is 537 g/mol. The van der Waals surface area contributed by atoms with Crippen LogP contribution in [0, 0.1) is 0 Å². The van der Waals surface area contributed by atoms with Crippen LogP contribution in [0.5, 0.6) is 0 Å². The van der Waals surface area contributed by atoms with Crippen LogP contribution < -0.4 is 0 Å². The van der Waals surface area contributed by atoms with E-state index in [-0.39, 0.29) is 6.10 Å². The van der Waals surface area contributed by atoms with Crippen molar-refractivity contribution in [3.8, 4) is 0 Å². The summed E-state index contributed by atoms with van der Waals surface area (Å²) in [6.45, 7) is 4.59. The molecule has 2 unspecified atom stereocenters. The van der Waals surface area contributed by atoms with Crippen LogP contribution in [0.25, 0.3) is 0 Å². The van der Waals surface area contributed by atoms with E-state index < -0.39 is 5.79 Å². The molecule has 1 aliphatic heterocycles. The maximum atomic E-state index is 10.6. The topological polar surface area (TPSA) is 32.8 Å². The maximum absolute atomic E-state index is 10.6. The third-order valence-corrected chi connectivity index (χ3v) is 9.00. The lowest BCUT2D eigenvalue weighted by Crippen LogP contribution is -2.13. The second-order valence-corrected chi connectivity index (χ2v) is 12.9. The third kappa shape index (κ3) is 22.7. The molecule has 0 aromatic rings. The van der Waals surface area contributed by atoms with Crippen LogP contribution >= 0.6 is 0 Å². The van der Waals surface area contributed by atoms with E-state index in [2.05, 4.69) is 13.8 Å². The van der Waals surface area contributed by atoms with Crippen molar-refractivity contribution in [1.29, 1.82) is 0 Å². The van der Waals surface area contributed by atoms with Gasteiger partial charge in [-0.1, -0.05) is 200 Å². The number of hydrogen-bond donors (Lipinski definition) is 1. The molecule has 0 bridgehead atoms. The lowest BCUT2D eigenvalue weighted by Gasteiger charge is -2.06. The van der Waals surface area contributed by atoms with Crippen molar-refractivity contribution in [2.45, 2.75) is 231 Å². The summed E-state index contributed by atoms with van der Waals surface area (Å²) in [6, 6.07) is 0. The van der Waals surface area contributed by atoms with Gasteiger partial charge >= 0.3 is 0 Å². The number of epoxide rings is 1. The molecule has 2 nitrogen and oxygen atoms in total. The van der Waals surface area contributed by atoms with E-state index in [1.165, 1.54) is 186 Å². The zero-order chi connectivity index (χ0) is 27.4. The van der Waals surface area contributed by atoms with Crippen LogP contribution in [-0.2, 0) is 4.74 Å². The molecule has 0 aromatic heterocycles. The molecule has 0 aliphatic carbocycles. The molecule has 2 atom stereocenters. The van der Waals surface area contributed by atoms with E-state index in [9.17, 15) is 5.11 Å². The third-order valence-electron chi connectivity index (χ3n) is 9.00. The van der Waals surface area contributed by atoms with Crippen molar-refractivity contribution in [1.82, 2.24) is 0 Å². The van der Waals surface area contributed by atoms with Crippen LogP contribution in [0.3, 0.4) is 0 Å². The van der Waals surface area contributed by atoms with Gasteiger partial charge in [0.25, 0.3) is 0 Å². The van der Waals surface area contributed by atoms with E-state index in [1.54, 1.807) is 0 Å². The Kier molecular flexibility index (Phi) is 25.6. The number of hydrogen-bond acceptors (Lipinski definition) is 2. The van der Waals surface area contributed by atoms with Gasteiger partial charge in [-0.05, 0) is 12.8 Å².